The molecule has 2 amide bonds. The molecule has 1 saturated carbocycles. The van der Waals surface area contributed by atoms with Crippen LogP contribution in [-0.2, 0) is 11.2 Å². The fraction of sp³-hybridized carbons (Fsp3) is 0.541. The lowest BCUT2D eigenvalue weighted by atomic mass is 9.80. The second-order valence-electron chi connectivity index (χ2n) is 14.7. The molecule has 9 heteroatoms. The van der Waals surface area contributed by atoms with E-state index in [1.165, 1.54) is 25.9 Å². The monoisotopic (exact) mass is 625 g/mol. The van der Waals surface area contributed by atoms with Crippen molar-refractivity contribution in [1.82, 2.24) is 14.4 Å². The summed E-state index contributed by atoms with van der Waals surface area (Å²) in [5, 5.41) is 4.66. The van der Waals surface area contributed by atoms with Gasteiger partial charge in [0.25, 0.3) is 5.91 Å². The Morgan fingerprint density at radius 3 is 2.35 bits per heavy atom. The third-order valence-electron chi connectivity index (χ3n) is 10.8. The largest absolute Gasteiger partial charge is 0.446 e. The first-order chi connectivity index (χ1) is 22.2. The van der Waals surface area contributed by atoms with Gasteiger partial charge < -0.3 is 25.6 Å². The molecule has 0 spiro atoms. The van der Waals surface area contributed by atoms with Gasteiger partial charge in [-0.15, -0.1) is 0 Å². The number of hydrogen-bond donors (Lipinski definition) is 2. The second-order valence-corrected chi connectivity index (χ2v) is 14.7. The first kappa shape index (κ1) is 30.8. The zero-order valence-corrected chi connectivity index (χ0v) is 27.2. The lowest BCUT2D eigenvalue weighted by molar-refractivity contribution is 0.0327. The number of rotatable bonds is 6. The lowest BCUT2D eigenvalue weighted by Crippen LogP contribution is -2.47. The summed E-state index contributed by atoms with van der Waals surface area (Å²) in [5.41, 5.74) is 10.8. The third kappa shape index (κ3) is 6.01. The summed E-state index contributed by atoms with van der Waals surface area (Å²) < 4.78 is 7.87. The molecular formula is C37H47N5O4. The number of ether oxygens (including phenoxy) is 1. The number of hydrogen-bond acceptors (Lipinski definition) is 6. The smallest absolute Gasteiger partial charge is 0.410 e. The maximum Gasteiger partial charge on any atom is 0.410 e. The van der Waals surface area contributed by atoms with Crippen molar-refractivity contribution >= 4 is 34.5 Å². The van der Waals surface area contributed by atoms with Gasteiger partial charge in [-0.3, -0.25) is 14.2 Å². The molecule has 0 bridgehead atoms. The highest BCUT2D eigenvalue weighted by molar-refractivity contribution is 6.06. The number of piperidine rings is 1. The predicted molar refractivity (Wildman–Crippen MR) is 180 cm³/mol. The molecule has 3 aliphatic heterocycles. The Bertz CT molecular complexity index is 1640. The fourth-order valence-electron chi connectivity index (χ4n) is 8.39. The standard InChI is InChI=1S/C37H47N5O4/c1-37(2)22-32-34(29-7-3-4-8-31(29)42(32)33(43)23-37)24-9-14-28(35(38)44)30(21-24)39-25-10-12-27(13-11-25)46-36(45)41-19-15-26(16-20-41)40-17-5-6-18-40/h3-4,7-9,14,21,25-27,39H,5-6,10-13,15-20,22-23H2,1-2H3,(H2,38,44). The van der Waals surface area contributed by atoms with Crippen LogP contribution in [0.2, 0.25) is 0 Å². The van der Waals surface area contributed by atoms with Crippen molar-refractivity contribution in [1.29, 1.82) is 0 Å². The van der Waals surface area contributed by atoms with Gasteiger partial charge in [0.1, 0.15) is 6.10 Å². The van der Waals surface area contributed by atoms with Crippen LogP contribution in [0, 0.1) is 5.41 Å². The van der Waals surface area contributed by atoms with Gasteiger partial charge in [0.05, 0.1) is 11.1 Å². The highest BCUT2D eigenvalue weighted by Crippen LogP contribution is 2.43. The Balaban J connectivity index is 1.04. The van der Waals surface area contributed by atoms with E-state index < -0.39 is 5.91 Å². The Morgan fingerprint density at radius 2 is 1.63 bits per heavy atom. The quantitative estimate of drug-likeness (QED) is 0.326. The molecule has 9 nitrogen and oxygen atoms in total. The van der Waals surface area contributed by atoms with Gasteiger partial charge in [-0.05, 0) is 100 Å². The van der Waals surface area contributed by atoms with Crippen LogP contribution in [-0.4, -0.2) is 76.6 Å². The summed E-state index contributed by atoms with van der Waals surface area (Å²) in [4.78, 5) is 43.3. The van der Waals surface area contributed by atoms with Crippen molar-refractivity contribution in [2.45, 2.75) is 96.2 Å². The number of amides is 2. The molecule has 3 aromatic rings. The minimum Gasteiger partial charge on any atom is -0.446 e. The molecule has 3 fully saturated rings. The van der Waals surface area contributed by atoms with Crippen molar-refractivity contribution in [3.05, 3.63) is 53.7 Å². The number of carbonyl (C=O) groups is 3. The van der Waals surface area contributed by atoms with Crippen molar-refractivity contribution < 1.29 is 19.1 Å². The molecular weight excluding hydrogens is 578 g/mol. The van der Waals surface area contributed by atoms with E-state index in [0.717, 1.165) is 85.8 Å². The van der Waals surface area contributed by atoms with E-state index in [0.29, 0.717) is 23.7 Å². The molecule has 3 N–H and O–H groups in total. The van der Waals surface area contributed by atoms with Gasteiger partial charge in [-0.2, -0.15) is 0 Å². The number of fused-ring (bicyclic) bond motifs is 3. The van der Waals surface area contributed by atoms with Gasteiger partial charge >= 0.3 is 6.09 Å². The zero-order chi connectivity index (χ0) is 32.0. The molecule has 244 valence electrons. The third-order valence-corrected chi connectivity index (χ3v) is 10.8. The number of para-hydroxylation sites is 1. The molecule has 0 atom stereocenters. The summed E-state index contributed by atoms with van der Waals surface area (Å²) in [6.45, 7) is 8.23. The van der Waals surface area contributed by atoms with Crippen molar-refractivity contribution in [2.75, 3.05) is 31.5 Å². The van der Waals surface area contributed by atoms with Crippen LogP contribution in [0.5, 0.6) is 0 Å². The van der Waals surface area contributed by atoms with Gasteiger partial charge in [0.15, 0.2) is 0 Å². The topological polar surface area (TPSA) is 110 Å². The SMILES string of the molecule is CC1(C)CC(=O)n2c(c(-c3ccc(C(N)=O)c(NC4CCC(OC(=O)N5CCC(N6CCCC6)CC5)CC4)c3)c3ccccc32)C1. The van der Waals surface area contributed by atoms with E-state index in [1.807, 2.05) is 39.8 Å². The van der Waals surface area contributed by atoms with Crippen LogP contribution in [0.4, 0.5) is 10.5 Å². The lowest BCUT2D eigenvalue weighted by Gasteiger charge is -2.37. The number of nitrogens with zero attached hydrogens (tertiary/aromatic N) is 3. The first-order valence-corrected chi connectivity index (χ1v) is 17.2. The summed E-state index contributed by atoms with van der Waals surface area (Å²) in [6, 6.07) is 14.6. The van der Waals surface area contributed by atoms with Gasteiger partial charge in [-0.1, -0.05) is 38.1 Å². The molecule has 46 heavy (non-hydrogen) atoms. The number of anilines is 1. The van der Waals surface area contributed by atoms with Crippen LogP contribution in [0.25, 0.3) is 22.0 Å². The van der Waals surface area contributed by atoms with Gasteiger partial charge in [-0.25, -0.2) is 4.79 Å². The van der Waals surface area contributed by atoms with E-state index in [9.17, 15) is 14.4 Å². The summed E-state index contributed by atoms with van der Waals surface area (Å²) in [5.74, 6) is -0.366. The first-order valence-electron chi connectivity index (χ1n) is 17.2. The average molecular weight is 626 g/mol. The normalized spacial score (nSPS) is 23.8. The summed E-state index contributed by atoms with van der Waals surface area (Å²) >= 11 is 0. The van der Waals surface area contributed by atoms with Crippen molar-refractivity contribution in [3.63, 3.8) is 0 Å². The maximum absolute atomic E-state index is 13.3. The number of likely N-dealkylation sites (tertiary alicyclic amines) is 2. The molecule has 0 unspecified atom stereocenters. The van der Waals surface area contributed by atoms with Crippen molar-refractivity contribution in [3.8, 4) is 11.1 Å². The molecule has 7 rings (SSSR count). The fourth-order valence-corrected chi connectivity index (χ4v) is 8.39. The molecule has 4 aliphatic rings. The number of nitrogens with one attached hydrogen (secondary N) is 1. The molecule has 0 radical (unpaired) electrons. The zero-order valence-electron chi connectivity index (χ0n) is 27.2. The number of nitrogens with two attached hydrogens (primary N) is 1. The van der Waals surface area contributed by atoms with E-state index in [1.54, 1.807) is 6.07 Å². The molecule has 2 saturated heterocycles. The number of benzene rings is 2. The highest BCUT2D eigenvalue weighted by Gasteiger charge is 2.36. The molecule has 4 heterocycles. The Hall–Kier alpha value is -3.85. The number of aromatic nitrogens is 1. The maximum atomic E-state index is 13.3. The second kappa shape index (κ2) is 12.4. The van der Waals surface area contributed by atoms with Crippen LogP contribution in [0.1, 0.15) is 92.5 Å². The van der Waals surface area contributed by atoms with Gasteiger partial charge in [0.2, 0.25) is 5.91 Å². The highest BCUT2D eigenvalue weighted by atomic mass is 16.6. The minimum atomic E-state index is -0.481. The number of primary amides is 1. The van der Waals surface area contributed by atoms with E-state index in [4.69, 9.17) is 10.5 Å². The Labute approximate surface area is 271 Å². The summed E-state index contributed by atoms with van der Waals surface area (Å²) in [6.07, 6.45) is 8.85. The Morgan fingerprint density at radius 1 is 0.913 bits per heavy atom. The van der Waals surface area contributed by atoms with E-state index >= 15 is 0 Å². The van der Waals surface area contributed by atoms with Gasteiger partial charge in [0, 0.05) is 53.9 Å². The minimum absolute atomic E-state index is 0.0936. The van der Waals surface area contributed by atoms with Crippen LogP contribution in [0.3, 0.4) is 0 Å². The average Bonchev–Trinajstić information content (AvgIpc) is 3.68. The van der Waals surface area contributed by atoms with E-state index in [-0.39, 0.29) is 29.6 Å². The van der Waals surface area contributed by atoms with E-state index in [2.05, 4.69) is 30.1 Å². The van der Waals surface area contributed by atoms with Crippen LogP contribution < -0.4 is 11.1 Å². The molecule has 1 aliphatic carbocycles. The van der Waals surface area contributed by atoms with Crippen molar-refractivity contribution in [2.24, 2.45) is 11.1 Å². The Kier molecular flexibility index (Phi) is 8.30. The molecule has 1 aromatic heterocycles. The molecule has 2 aromatic carbocycles. The summed E-state index contributed by atoms with van der Waals surface area (Å²) in [7, 11) is 0. The predicted octanol–water partition coefficient (Wildman–Crippen LogP) is 6.44. The van der Waals surface area contributed by atoms with Crippen LogP contribution in [0.15, 0.2) is 42.5 Å². The van der Waals surface area contributed by atoms with Crippen LogP contribution >= 0.6 is 0 Å². The number of carbonyl (C=O) groups excluding carboxylic acids is 3.